The monoisotopic (exact) mass is 544 g/mol. The summed E-state index contributed by atoms with van der Waals surface area (Å²) >= 11 is 6.30. The number of halogens is 5. The highest BCUT2D eigenvalue weighted by molar-refractivity contribution is 7.89. The number of alkyl halides is 3. The number of sulfonamides is 1. The molecule has 0 saturated carbocycles. The molecule has 13 heteroatoms. The number of nitrogens with zero attached hydrogens (tertiary/aromatic N) is 2. The molecule has 2 aromatic carbocycles. The molecule has 0 fully saturated rings. The maximum Gasteiger partial charge on any atom is 0.419 e. The van der Waals surface area contributed by atoms with E-state index in [1.54, 1.807) is 19.9 Å². The molecule has 0 spiro atoms. The fraction of sp³-hybridized carbons (Fsp3) is 0.304. The van der Waals surface area contributed by atoms with Crippen LogP contribution in [0.2, 0.25) is 5.02 Å². The van der Waals surface area contributed by atoms with E-state index < -0.39 is 33.5 Å². The first-order valence-electron chi connectivity index (χ1n) is 10.8. The highest BCUT2D eigenvalue weighted by Crippen LogP contribution is 2.35. The second kappa shape index (κ2) is 9.49. The van der Waals surface area contributed by atoms with Crippen molar-refractivity contribution in [2.24, 2.45) is 0 Å². The van der Waals surface area contributed by atoms with Crippen LogP contribution >= 0.6 is 11.6 Å². The van der Waals surface area contributed by atoms with Crippen LogP contribution < -0.4 is 5.32 Å². The third-order valence-electron chi connectivity index (χ3n) is 5.83. The topological polar surface area (TPSA) is 95.2 Å². The van der Waals surface area contributed by atoms with E-state index in [0.29, 0.717) is 34.8 Å². The Bertz CT molecular complexity index is 1450. The normalized spacial score (nSPS) is 14.5. The number of imidazole rings is 1. The number of amides is 1. The van der Waals surface area contributed by atoms with Crippen LogP contribution in [0.3, 0.4) is 0 Å². The largest absolute Gasteiger partial charge is 0.419 e. The van der Waals surface area contributed by atoms with Crippen LogP contribution in [-0.2, 0) is 40.4 Å². The van der Waals surface area contributed by atoms with Gasteiger partial charge in [0.15, 0.2) is 5.03 Å². The number of anilines is 1. The van der Waals surface area contributed by atoms with Crippen molar-refractivity contribution >= 4 is 33.2 Å². The van der Waals surface area contributed by atoms with E-state index >= 15 is 0 Å². The molecule has 1 aliphatic heterocycles. The van der Waals surface area contributed by atoms with Crippen molar-refractivity contribution in [3.63, 3.8) is 0 Å². The Hall–Kier alpha value is -2.96. The van der Waals surface area contributed by atoms with Crippen molar-refractivity contribution < 1.29 is 30.8 Å². The van der Waals surface area contributed by atoms with Gasteiger partial charge in [0, 0.05) is 13.1 Å². The number of hydrogen-bond acceptors (Lipinski definition) is 4. The third-order valence-corrected chi connectivity index (χ3v) is 8.02. The molecule has 2 N–H and O–H groups in total. The summed E-state index contributed by atoms with van der Waals surface area (Å²) in [5.41, 5.74) is 0.649. The number of benzene rings is 2. The van der Waals surface area contributed by atoms with E-state index in [2.05, 4.69) is 15.3 Å². The lowest BCUT2D eigenvalue weighted by atomic mass is 9.98. The molecule has 0 unspecified atom stereocenters. The molecule has 1 amide bonds. The van der Waals surface area contributed by atoms with Gasteiger partial charge in [0.1, 0.15) is 11.6 Å². The zero-order chi connectivity index (χ0) is 26.4. The number of aromatic amines is 1. The fourth-order valence-corrected chi connectivity index (χ4v) is 5.97. The van der Waals surface area contributed by atoms with Gasteiger partial charge in [-0.05, 0) is 55.2 Å². The molecule has 1 aromatic heterocycles. The van der Waals surface area contributed by atoms with Crippen molar-refractivity contribution in [2.45, 2.75) is 44.4 Å². The average Bonchev–Trinajstić information content (AvgIpc) is 3.13. The Labute approximate surface area is 209 Å². The summed E-state index contributed by atoms with van der Waals surface area (Å²) in [6.45, 7) is 3.44. The Morgan fingerprint density at radius 3 is 2.56 bits per heavy atom. The smallest absolute Gasteiger partial charge is 0.345 e. The quantitative estimate of drug-likeness (QED) is 0.453. The van der Waals surface area contributed by atoms with Crippen molar-refractivity contribution in [2.75, 3.05) is 11.9 Å². The summed E-state index contributed by atoms with van der Waals surface area (Å²) in [4.78, 5) is 19.6. The molecule has 0 atom stereocenters. The molecule has 1 aliphatic rings. The van der Waals surface area contributed by atoms with E-state index in [1.165, 1.54) is 10.4 Å². The van der Waals surface area contributed by atoms with Crippen molar-refractivity contribution in [3.05, 3.63) is 74.9 Å². The van der Waals surface area contributed by atoms with Gasteiger partial charge in [-0.2, -0.15) is 17.5 Å². The number of aryl methyl sites for hydroxylation is 2. The Morgan fingerprint density at radius 1 is 1.22 bits per heavy atom. The zero-order valence-corrected chi connectivity index (χ0v) is 20.7. The minimum absolute atomic E-state index is 0.0349. The molecule has 36 heavy (non-hydrogen) atoms. The summed E-state index contributed by atoms with van der Waals surface area (Å²) in [7, 11) is -3.86. The average molecular weight is 545 g/mol. The van der Waals surface area contributed by atoms with Gasteiger partial charge in [0.2, 0.25) is 5.91 Å². The lowest BCUT2D eigenvalue weighted by Gasteiger charge is -2.29. The van der Waals surface area contributed by atoms with Gasteiger partial charge >= 0.3 is 6.18 Å². The van der Waals surface area contributed by atoms with Crippen LogP contribution in [0.4, 0.5) is 23.2 Å². The molecule has 2 heterocycles. The maximum atomic E-state index is 13.9. The SMILES string of the molecule is Cc1nc(S(=O)(=O)N2CCc3c(ccc(Cl)c3NC(=O)Cc3ccc(C(F)(F)F)c(F)c3)C2)c(C)[nH]1. The third kappa shape index (κ3) is 5.11. The first kappa shape index (κ1) is 26.1. The van der Waals surface area contributed by atoms with Crippen LogP contribution in [0.25, 0.3) is 0 Å². The summed E-state index contributed by atoms with van der Waals surface area (Å²) in [5, 5.41) is 2.82. The first-order chi connectivity index (χ1) is 16.8. The van der Waals surface area contributed by atoms with E-state index in [9.17, 15) is 30.8 Å². The molecule has 0 bridgehead atoms. The predicted octanol–water partition coefficient (Wildman–Crippen LogP) is 4.77. The first-order valence-corrected chi connectivity index (χ1v) is 12.6. The molecule has 4 rings (SSSR count). The summed E-state index contributed by atoms with van der Waals surface area (Å²) in [6.07, 6.45) is -4.97. The number of aromatic nitrogens is 2. The van der Waals surface area contributed by atoms with E-state index in [0.717, 1.165) is 6.07 Å². The van der Waals surface area contributed by atoms with Gasteiger partial charge < -0.3 is 10.3 Å². The van der Waals surface area contributed by atoms with Gasteiger partial charge in [0.05, 0.1) is 28.4 Å². The number of hydrogen-bond donors (Lipinski definition) is 2. The van der Waals surface area contributed by atoms with Gasteiger partial charge in [-0.25, -0.2) is 17.8 Å². The molecular formula is C23H21ClF4N4O3S. The van der Waals surface area contributed by atoms with Crippen LogP contribution in [0.5, 0.6) is 0 Å². The van der Waals surface area contributed by atoms with Gasteiger partial charge in [0.25, 0.3) is 10.0 Å². The van der Waals surface area contributed by atoms with E-state index in [4.69, 9.17) is 11.6 Å². The standard InChI is InChI=1S/C23H21ClF4N4O3S/c1-12-22(30-13(2)29-12)36(34,35)32-8-7-16-15(11-32)4-6-18(24)21(16)31-20(33)10-14-3-5-17(19(25)9-14)23(26,27)28/h3-6,9H,7-8,10-11H2,1-2H3,(H,29,30)(H,31,33). The second-order valence-corrected chi connectivity index (χ2v) is 10.7. The number of carbonyl (C=O) groups is 1. The summed E-state index contributed by atoms with van der Waals surface area (Å²) in [6, 6.07) is 5.49. The number of H-pyrrole nitrogens is 1. The van der Waals surface area contributed by atoms with Gasteiger partial charge in [-0.15, -0.1) is 0 Å². The Kier molecular flexibility index (Phi) is 6.88. The number of fused-ring (bicyclic) bond motifs is 1. The molecule has 192 valence electrons. The lowest BCUT2D eigenvalue weighted by molar-refractivity contribution is -0.140. The molecule has 0 radical (unpaired) electrons. The minimum Gasteiger partial charge on any atom is -0.345 e. The molecule has 7 nitrogen and oxygen atoms in total. The fourth-order valence-electron chi connectivity index (χ4n) is 4.17. The number of carbonyl (C=O) groups excluding carboxylic acids is 1. The molecular weight excluding hydrogens is 524 g/mol. The van der Waals surface area contributed by atoms with E-state index in [1.807, 2.05) is 0 Å². The maximum absolute atomic E-state index is 13.9. The zero-order valence-electron chi connectivity index (χ0n) is 19.1. The van der Waals surface area contributed by atoms with Gasteiger partial charge in [-0.3, -0.25) is 4.79 Å². The molecule has 0 saturated heterocycles. The highest BCUT2D eigenvalue weighted by atomic mass is 35.5. The van der Waals surface area contributed by atoms with Crippen molar-refractivity contribution in [1.82, 2.24) is 14.3 Å². The summed E-state index contributed by atoms with van der Waals surface area (Å²) in [5.74, 6) is -1.60. The van der Waals surface area contributed by atoms with E-state index in [-0.39, 0.29) is 47.2 Å². The molecule has 0 aliphatic carbocycles. The van der Waals surface area contributed by atoms with Crippen LogP contribution in [-0.4, -0.2) is 35.1 Å². The van der Waals surface area contributed by atoms with Gasteiger partial charge in [-0.1, -0.05) is 23.7 Å². The second-order valence-electron chi connectivity index (χ2n) is 8.44. The predicted molar refractivity (Wildman–Crippen MR) is 125 cm³/mol. The van der Waals surface area contributed by atoms with Crippen molar-refractivity contribution in [3.8, 4) is 0 Å². The number of nitrogens with one attached hydrogen (secondary N) is 2. The van der Waals surface area contributed by atoms with Crippen LogP contribution in [0.1, 0.15) is 33.8 Å². The summed E-state index contributed by atoms with van der Waals surface area (Å²) < 4.78 is 79.7. The van der Waals surface area contributed by atoms with Crippen LogP contribution in [0, 0.1) is 19.7 Å². The minimum atomic E-state index is -4.84. The van der Waals surface area contributed by atoms with Crippen LogP contribution in [0.15, 0.2) is 35.4 Å². The number of rotatable bonds is 5. The lowest BCUT2D eigenvalue weighted by Crippen LogP contribution is -2.37. The van der Waals surface area contributed by atoms with Crippen molar-refractivity contribution in [1.29, 1.82) is 0 Å². The highest BCUT2D eigenvalue weighted by Gasteiger charge is 2.35. The Morgan fingerprint density at radius 2 is 1.94 bits per heavy atom. The molecule has 3 aromatic rings. The Balaban J connectivity index is 1.53.